The molecule has 1 aliphatic rings. The Kier molecular flexibility index (Phi) is 2.98. The fourth-order valence-corrected chi connectivity index (χ4v) is 3.86. The number of anilines is 1. The summed E-state index contributed by atoms with van der Waals surface area (Å²) >= 11 is 1.81. The Hall–Kier alpha value is -1.20. The molecule has 3 N–H and O–H groups in total. The van der Waals surface area contributed by atoms with Crippen molar-refractivity contribution in [2.75, 3.05) is 5.43 Å². The number of thiophene rings is 1. The molecule has 0 saturated carbocycles. The number of rotatable bonds is 1. The molecule has 2 aromatic rings. The molecule has 3 rings (SSSR count). The van der Waals surface area contributed by atoms with Crippen molar-refractivity contribution in [2.45, 2.75) is 51.9 Å². The van der Waals surface area contributed by atoms with Crippen LogP contribution in [0.1, 0.15) is 49.9 Å². The van der Waals surface area contributed by atoms with Gasteiger partial charge in [0.2, 0.25) is 0 Å². The third-order valence-corrected chi connectivity index (χ3v) is 4.81. The van der Waals surface area contributed by atoms with Crippen LogP contribution in [0, 0.1) is 0 Å². The van der Waals surface area contributed by atoms with Crippen molar-refractivity contribution in [3.8, 4) is 0 Å². The lowest BCUT2D eigenvalue weighted by atomic mass is 9.94. The van der Waals surface area contributed by atoms with E-state index in [0.29, 0.717) is 0 Å². The molecule has 0 bridgehead atoms. The lowest BCUT2D eigenvalue weighted by Gasteiger charge is -2.18. The van der Waals surface area contributed by atoms with Crippen molar-refractivity contribution >= 4 is 27.4 Å². The summed E-state index contributed by atoms with van der Waals surface area (Å²) in [6.45, 7) is 6.38. The first-order chi connectivity index (χ1) is 9.00. The van der Waals surface area contributed by atoms with Crippen molar-refractivity contribution in [3.05, 3.63) is 16.3 Å². The molecule has 0 radical (unpaired) electrons. The third kappa shape index (κ3) is 2.11. The van der Waals surface area contributed by atoms with E-state index in [9.17, 15) is 0 Å². The number of aromatic nitrogens is 2. The fourth-order valence-electron chi connectivity index (χ4n) is 2.60. The zero-order chi connectivity index (χ0) is 13.6. The number of aryl methyl sites for hydroxylation is 2. The average Bonchev–Trinajstić information content (AvgIpc) is 2.74. The van der Waals surface area contributed by atoms with Crippen molar-refractivity contribution < 1.29 is 0 Å². The van der Waals surface area contributed by atoms with Gasteiger partial charge in [-0.1, -0.05) is 20.8 Å². The highest BCUT2D eigenvalue weighted by molar-refractivity contribution is 7.19. The normalized spacial score (nSPS) is 15.6. The molecule has 5 heteroatoms. The Morgan fingerprint density at radius 1 is 1.16 bits per heavy atom. The molecule has 102 valence electrons. The summed E-state index contributed by atoms with van der Waals surface area (Å²) < 4.78 is 0. The van der Waals surface area contributed by atoms with E-state index in [-0.39, 0.29) is 5.41 Å². The summed E-state index contributed by atoms with van der Waals surface area (Å²) in [5.41, 5.74) is 4.13. The van der Waals surface area contributed by atoms with E-state index < -0.39 is 0 Å². The van der Waals surface area contributed by atoms with Gasteiger partial charge in [-0.05, 0) is 31.2 Å². The van der Waals surface area contributed by atoms with Gasteiger partial charge in [0.25, 0.3) is 0 Å². The molecule has 0 saturated heterocycles. The second-order valence-corrected chi connectivity index (χ2v) is 7.26. The van der Waals surface area contributed by atoms with E-state index in [1.807, 2.05) is 11.3 Å². The first-order valence-corrected chi connectivity index (χ1v) is 7.61. The van der Waals surface area contributed by atoms with Crippen LogP contribution < -0.4 is 11.3 Å². The van der Waals surface area contributed by atoms with E-state index in [1.165, 1.54) is 29.7 Å². The zero-order valence-corrected chi connectivity index (χ0v) is 12.5. The Labute approximate surface area is 117 Å². The number of nitrogens with one attached hydrogen (secondary N) is 1. The minimum atomic E-state index is -0.0652. The highest BCUT2D eigenvalue weighted by atomic mass is 32.1. The first-order valence-electron chi connectivity index (χ1n) is 6.80. The van der Waals surface area contributed by atoms with Crippen LogP contribution in [0.15, 0.2) is 0 Å². The van der Waals surface area contributed by atoms with Crippen molar-refractivity contribution in [1.82, 2.24) is 9.97 Å². The van der Waals surface area contributed by atoms with Gasteiger partial charge < -0.3 is 5.43 Å². The number of hydrogen-bond acceptors (Lipinski definition) is 5. The standard InChI is InChI=1S/C14H20N4S/c1-14(2,3)13-16-11(18-15)10-8-6-4-5-7-9(8)19-12(10)17-13/h4-7,15H2,1-3H3,(H,16,17,18). The summed E-state index contributed by atoms with van der Waals surface area (Å²) in [6, 6.07) is 0. The fraction of sp³-hybridized carbons (Fsp3) is 0.571. The Balaban J connectivity index is 2.28. The molecule has 0 amide bonds. The highest BCUT2D eigenvalue weighted by Crippen LogP contribution is 2.39. The molecule has 0 unspecified atom stereocenters. The molecular weight excluding hydrogens is 256 g/mol. The maximum absolute atomic E-state index is 5.68. The van der Waals surface area contributed by atoms with Crippen molar-refractivity contribution in [2.24, 2.45) is 5.84 Å². The van der Waals surface area contributed by atoms with Crippen LogP contribution in [0.5, 0.6) is 0 Å². The number of nitrogens with zero attached hydrogens (tertiary/aromatic N) is 2. The molecule has 0 fully saturated rings. The van der Waals surface area contributed by atoms with Gasteiger partial charge in [0.05, 0.1) is 5.39 Å². The first kappa shape index (κ1) is 12.8. The van der Waals surface area contributed by atoms with Gasteiger partial charge >= 0.3 is 0 Å². The van der Waals surface area contributed by atoms with Crippen LogP contribution >= 0.6 is 11.3 Å². The molecular formula is C14H20N4S. The van der Waals surface area contributed by atoms with Crippen molar-refractivity contribution in [1.29, 1.82) is 0 Å². The van der Waals surface area contributed by atoms with Gasteiger partial charge in [-0.25, -0.2) is 15.8 Å². The zero-order valence-electron chi connectivity index (χ0n) is 11.7. The number of nitrogen functional groups attached to an aromatic ring is 1. The monoisotopic (exact) mass is 276 g/mol. The SMILES string of the molecule is CC(C)(C)c1nc(NN)c2c3c(sc2n1)CCCC3. The van der Waals surface area contributed by atoms with Crippen LogP contribution in [0.25, 0.3) is 10.2 Å². The Morgan fingerprint density at radius 3 is 2.58 bits per heavy atom. The van der Waals surface area contributed by atoms with Crippen LogP contribution in [-0.4, -0.2) is 9.97 Å². The van der Waals surface area contributed by atoms with Gasteiger partial charge in [0.15, 0.2) is 5.82 Å². The maximum atomic E-state index is 5.68. The summed E-state index contributed by atoms with van der Waals surface area (Å²) in [5.74, 6) is 7.32. The average molecular weight is 276 g/mol. The maximum Gasteiger partial charge on any atom is 0.152 e. The second kappa shape index (κ2) is 4.42. The predicted octanol–water partition coefficient (Wildman–Crippen LogP) is 3.15. The number of nitrogens with two attached hydrogens (primary N) is 1. The van der Waals surface area contributed by atoms with Gasteiger partial charge in [-0.3, -0.25) is 0 Å². The molecule has 2 aromatic heterocycles. The van der Waals surface area contributed by atoms with E-state index in [0.717, 1.165) is 28.3 Å². The molecule has 19 heavy (non-hydrogen) atoms. The van der Waals surface area contributed by atoms with E-state index in [1.54, 1.807) is 0 Å². The Morgan fingerprint density at radius 2 is 1.89 bits per heavy atom. The summed E-state index contributed by atoms with van der Waals surface area (Å²) in [5, 5.41) is 1.15. The van der Waals surface area contributed by atoms with Crippen LogP contribution in [-0.2, 0) is 18.3 Å². The van der Waals surface area contributed by atoms with E-state index >= 15 is 0 Å². The van der Waals surface area contributed by atoms with E-state index in [4.69, 9.17) is 10.8 Å². The second-order valence-electron chi connectivity index (χ2n) is 6.18. The molecule has 0 spiro atoms. The number of hydrazine groups is 1. The van der Waals surface area contributed by atoms with Crippen LogP contribution in [0.3, 0.4) is 0 Å². The largest absolute Gasteiger partial charge is 0.308 e. The molecule has 4 nitrogen and oxygen atoms in total. The van der Waals surface area contributed by atoms with Crippen LogP contribution in [0.2, 0.25) is 0 Å². The minimum absolute atomic E-state index is 0.0652. The lowest BCUT2D eigenvalue weighted by Crippen LogP contribution is -2.19. The van der Waals surface area contributed by atoms with Crippen LogP contribution in [0.4, 0.5) is 5.82 Å². The predicted molar refractivity (Wildman–Crippen MR) is 80.6 cm³/mol. The quantitative estimate of drug-likeness (QED) is 0.620. The summed E-state index contributed by atoms with van der Waals surface area (Å²) in [6.07, 6.45) is 4.84. The molecule has 1 aliphatic carbocycles. The van der Waals surface area contributed by atoms with Gasteiger partial charge in [-0.2, -0.15) is 0 Å². The van der Waals surface area contributed by atoms with E-state index in [2.05, 4.69) is 31.2 Å². The number of fused-ring (bicyclic) bond motifs is 3. The Bertz CT molecular complexity index is 624. The number of hydrogen-bond donors (Lipinski definition) is 2. The van der Waals surface area contributed by atoms with Gasteiger partial charge in [0, 0.05) is 10.3 Å². The molecule has 0 atom stereocenters. The topological polar surface area (TPSA) is 63.8 Å². The molecule has 0 aromatic carbocycles. The van der Waals surface area contributed by atoms with Gasteiger partial charge in [0.1, 0.15) is 10.7 Å². The smallest absolute Gasteiger partial charge is 0.152 e. The molecule has 2 heterocycles. The highest BCUT2D eigenvalue weighted by Gasteiger charge is 2.24. The van der Waals surface area contributed by atoms with Crippen molar-refractivity contribution in [3.63, 3.8) is 0 Å². The minimum Gasteiger partial charge on any atom is -0.308 e. The lowest BCUT2D eigenvalue weighted by molar-refractivity contribution is 0.549. The summed E-state index contributed by atoms with van der Waals surface area (Å²) in [7, 11) is 0. The molecule has 0 aliphatic heterocycles. The summed E-state index contributed by atoms with van der Waals surface area (Å²) in [4.78, 5) is 12.0. The third-order valence-electron chi connectivity index (χ3n) is 3.62. The van der Waals surface area contributed by atoms with Gasteiger partial charge in [-0.15, -0.1) is 11.3 Å².